The summed E-state index contributed by atoms with van der Waals surface area (Å²) < 4.78 is 12.9. The van der Waals surface area contributed by atoms with Crippen LogP contribution in [-0.4, -0.2) is 4.98 Å². The lowest BCUT2D eigenvalue weighted by Gasteiger charge is -2.13. The highest BCUT2D eigenvalue weighted by Gasteiger charge is 2.12. The molecule has 20 heavy (non-hydrogen) atoms. The van der Waals surface area contributed by atoms with Crippen molar-refractivity contribution in [3.63, 3.8) is 0 Å². The Balaban J connectivity index is 1.92. The molecule has 3 rings (SSSR count). The van der Waals surface area contributed by atoms with Gasteiger partial charge in [0, 0.05) is 11.6 Å². The van der Waals surface area contributed by atoms with Crippen LogP contribution in [0.4, 0.5) is 4.39 Å². The summed E-state index contributed by atoms with van der Waals surface area (Å²) in [5.41, 5.74) is 8.16. The lowest BCUT2D eigenvalue weighted by atomic mass is 9.99. The Hall–Kier alpha value is -2.26. The number of pyridine rings is 1. The Morgan fingerprint density at radius 3 is 2.55 bits per heavy atom. The first-order valence-electron chi connectivity index (χ1n) is 6.58. The number of halogens is 1. The molecule has 3 aromatic rings. The topological polar surface area (TPSA) is 38.9 Å². The van der Waals surface area contributed by atoms with Crippen molar-refractivity contribution in [3.05, 3.63) is 77.9 Å². The van der Waals surface area contributed by atoms with Gasteiger partial charge in [0.05, 0.1) is 11.7 Å². The van der Waals surface area contributed by atoms with Crippen molar-refractivity contribution < 1.29 is 4.39 Å². The molecule has 2 aromatic carbocycles. The summed E-state index contributed by atoms with van der Waals surface area (Å²) in [7, 11) is 0. The second kappa shape index (κ2) is 5.39. The average molecular weight is 266 g/mol. The summed E-state index contributed by atoms with van der Waals surface area (Å²) in [6.07, 6.45) is 2.42. The molecule has 0 aliphatic carbocycles. The van der Waals surface area contributed by atoms with Gasteiger partial charge in [-0.2, -0.15) is 0 Å². The third kappa shape index (κ3) is 2.53. The van der Waals surface area contributed by atoms with Gasteiger partial charge in [-0.3, -0.25) is 4.98 Å². The molecule has 1 heterocycles. The molecule has 100 valence electrons. The van der Waals surface area contributed by atoms with E-state index < -0.39 is 0 Å². The van der Waals surface area contributed by atoms with E-state index in [0.717, 1.165) is 22.0 Å². The second-order valence-corrected chi connectivity index (χ2v) is 4.85. The summed E-state index contributed by atoms with van der Waals surface area (Å²) in [4.78, 5) is 4.42. The second-order valence-electron chi connectivity index (χ2n) is 4.85. The fourth-order valence-corrected chi connectivity index (χ4v) is 2.41. The highest BCUT2D eigenvalue weighted by Crippen LogP contribution is 2.23. The summed E-state index contributed by atoms with van der Waals surface area (Å²) in [5, 5.41) is 2.21. The van der Waals surface area contributed by atoms with Crippen LogP contribution in [0.1, 0.15) is 17.3 Å². The number of hydrogen-bond acceptors (Lipinski definition) is 2. The molecule has 0 bridgehead atoms. The van der Waals surface area contributed by atoms with E-state index in [1.807, 2.05) is 30.3 Å². The lowest BCUT2D eigenvalue weighted by Crippen LogP contribution is -2.15. The van der Waals surface area contributed by atoms with Gasteiger partial charge in [0.2, 0.25) is 0 Å². The van der Waals surface area contributed by atoms with E-state index in [4.69, 9.17) is 5.73 Å². The van der Waals surface area contributed by atoms with Crippen LogP contribution in [0, 0.1) is 5.82 Å². The van der Waals surface area contributed by atoms with Crippen LogP contribution in [0.5, 0.6) is 0 Å². The van der Waals surface area contributed by atoms with Gasteiger partial charge in [-0.15, -0.1) is 0 Å². The quantitative estimate of drug-likeness (QED) is 0.786. The lowest BCUT2D eigenvalue weighted by molar-refractivity contribution is 0.625. The van der Waals surface area contributed by atoms with E-state index in [2.05, 4.69) is 4.98 Å². The van der Waals surface area contributed by atoms with E-state index in [1.54, 1.807) is 18.3 Å². The molecule has 1 unspecified atom stereocenters. The van der Waals surface area contributed by atoms with Crippen molar-refractivity contribution in [2.24, 2.45) is 5.73 Å². The molecular formula is C17H15FN2. The Labute approximate surface area is 117 Å². The van der Waals surface area contributed by atoms with Crippen molar-refractivity contribution in [3.8, 4) is 0 Å². The molecule has 1 atom stereocenters. The van der Waals surface area contributed by atoms with Gasteiger partial charge in [0.15, 0.2) is 0 Å². The van der Waals surface area contributed by atoms with Crippen LogP contribution in [-0.2, 0) is 6.42 Å². The minimum atomic E-state index is -0.231. The van der Waals surface area contributed by atoms with Gasteiger partial charge in [0.25, 0.3) is 0 Å². The van der Waals surface area contributed by atoms with Gasteiger partial charge in [-0.1, -0.05) is 36.4 Å². The standard InChI is InChI=1S/C17H15FN2/c18-14-7-5-12(6-8-14)11-16(19)17-15-4-2-1-3-13(15)9-10-20-17/h1-10,16H,11,19H2. The third-order valence-corrected chi connectivity index (χ3v) is 3.42. The molecule has 0 saturated heterocycles. The first kappa shape index (κ1) is 12.8. The number of rotatable bonds is 3. The zero-order valence-electron chi connectivity index (χ0n) is 11.0. The maximum atomic E-state index is 12.9. The van der Waals surface area contributed by atoms with Crippen molar-refractivity contribution >= 4 is 10.8 Å². The normalized spacial score (nSPS) is 12.5. The highest BCUT2D eigenvalue weighted by atomic mass is 19.1. The van der Waals surface area contributed by atoms with E-state index in [9.17, 15) is 4.39 Å². The predicted molar refractivity (Wildman–Crippen MR) is 78.8 cm³/mol. The van der Waals surface area contributed by atoms with Crippen LogP contribution in [0.15, 0.2) is 60.8 Å². The molecular weight excluding hydrogens is 251 g/mol. The van der Waals surface area contributed by atoms with Crippen LogP contribution in [0.25, 0.3) is 10.8 Å². The smallest absolute Gasteiger partial charge is 0.123 e. The van der Waals surface area contributed by atoms with Gasteiger partial charge < -0.3 is 5.73 Å². The fraction of sp³-hybridized carbons (Fsp3) is 0.118. The monoisotopic (exact) mass is 266 g/mol. The predicted octanol–water partition coefficient (Wildman–Crippen LogP) is 3.62. The van der Waals surface area contributed by atoms with E-state index in [-0.39, 0.29) is 11.9 Å². The number of nitrogens with two attached hydrogens (primary N) is 1. The Morgan fingerprint density at radius 2 is 1.75 bits per heavy atom. The van der Waals surface area contributed by atoms with Crippen molar-refractivity contribution in [2.45, 2.75) is 12.5 Å². The summed E-state index contributed by atoms with van der Waals surface area (Å²) in [6, 6.07) is 16.3. The van der Waals surface area contributed by atoms with Crippen LogP contribution in [0.3, 0.4) is 0 Å². The molecule has 1 aromatic heterocycles. The number of nitrogens with zero attached hydrogens (tertiary/aromatic N) is 1. The van der Waals surface area contributed by atoms with Gasteiger partial charge in [0.1, 0.15) is 5.82 Å². The van der Waals surface area contributed by atoms with Crippen LogP contribution < -0.4 is 5.73 Å². The number of benzene rings is 2. The SMILES string of the molecule is NC(Cc1ccc(F)cc1)c1nccc2ccccc12. The summed E-state index contributed by atoms with van der Waals surface area (Å²) in [5.74, 6) is -0.231. The van der Waals surface area contributed by atoms with Gasteiger partial charge >= 0.3 is 0 Å². The molecule has 0 aliphatic rings. The van der Waals surface area contributed by atoms with Crippen LogP contribution in [0.2, 0.25) is 0 Å². The first-order valence-corrected chi connectivity index (χ1v) is 6.58. The first-order chi connectivity index (χ1) is 9.74. The summed E-state index contributed by atoms with van der Waals surface area (Å²) in [6.45, 7) is 0. The fourth-order valence-electron chi connectivity index (χ4n) is 2.41. The highest BCUT2D eigenvalue weighted by molar-refractivity contribution is 5.84. The number of hydrogen-bond donors (Lipinski definition) is 1. The van der Waals surface area contributed by atoms with Gasteiger partial charge in [-0.25, -0.2) is 4.39 Å². The number of fused-ring (bicyclic) bond motifs is 1. The van der Waals surface area contributed by atoms with Crippen molar-refractivity contribution in [2.75, 3.05) is 0 Å². The average Bonchev–Trinajstić information content (AvgIpc) is 2.49. The molecule has 3 heteroatoms. The van der Waals surface area contributed by atoms with Crippen molar-refractivity contribution in [1.29, 1.82) is 0 Å². The maximum absolute atomic E-state index is 12.9. The van der Waals surface area contributed by atoms with E-state index in [1.165, 1.54) is 12.1 Å². The Kier molecular flexibility index (Phi) is 3.44. The van der Waals surface area contributed by atoms with E-state index in [0.29, 0.717) is 6.42 Å². The Morgan fingerprint density at radius 1 is 1.00 bits per heavy atom. The van der Waals surface area contributed by atoms with Crippen molar-refractivity contribution in [1.82, 2.24) is 4.98 Å². The Bertz CT molecular complexity index is 717. The zero-order valence-corrected chi connectivity index (χ0v) is 11.0. The molecule has 0 fully saturated rings. The summed E-state index contributed by atoms with van der Waals surface area (Å²) >= 11 is 0. The molecule has 0 spiro atoms. The molecule has 2 N–H and O–H groups in total. The number of aromatic nitrogens is 1. The largest absolute Gasteiger partial charge is 0.322 e. The van der Waals surface area contributed by atoms with Crippen LogP contribution >= 0.6 is 0 Å². The molecule has 0 amide bonds. The molecule has 0 radical (unpaired) electrons. The third-order valence-electron chi connectivity index (χ3n) is 3.42. The maximum Gasteiger partial charge on any atom is 0.123 e. The van der Waals surface area contributed by atoms with E-state index >= 15 is 0 Å². The van der Waals surface area contributed by atoms with Gasteiger partial charge in [-0.05, 0) is 35.6 Å². The zero-order chi connectivity index (χ0) is 13.9. The molecule has 0 saturated carbocycles. The minimum Gasteiger partial charge on any atom is -0.322 e. The molecule has 2 nitrogen and oxygen atoms in total. The minimum absolute atomic E-state index is 0.202. The molecule has 0 aliphatic heterocycles.